The fourth-order valence-electron chi connectivity index (χ4n) is 4.72. The highest BCUT2D eigenvalue weighted by atomic mass is 35.5. The van der Waals surface area contributed by atoms with E-state index in [1.54, 1.807) is 0 Å². The molecule has 2 N–H and O–H groups in total. The predicted octanol–water partition coefficient (Wildman–Crippen LogP) is 2.36. The highest BCUT2D eigenvalue weighted by molar-refractivity contribution is 6.30. The Morgan fingerprint density at radius 3 is 2.58 bits per heavy atom. The molecule has 0 amide bonds. The Labute approximate surface area is 149 Å². The fraction of sp³-hybridized carbons (Fsp3) is 0.684. The second-order valence-corrected chi connectivity index (χ2v) is 8.13. The summed E-state index contributed by atoms with van der Waals surface area (Å²) < 4.78 is 0. The van der Waals surface area contributed by atoms with Crippen LogP contribution in [0.4, 0.5) is 5.69 Å². The third kappa shape index (κ3) is 3.30. The highest BCUT2D eigenvalue weighted by Gasteiger charge is 2.44. The number of nitrogens with zero attached hydrogens (tertiary/aromatic N) is 2. The molecule has 3 aliphatic rings. The van der Waals surface area contributed by atoms with Gasteiger partial charge < -0.3 is 15.3 Å². The summed E-state index contributed by atoms with van der Waals surface area (Å²) in [6, 6.07) is 8.86. The zero-order valence-corrected chi connectivity index (χ0v) is 15.0. The molecule has 3 fully saturated rings. The van der Waals surface area contributed by atoms with Crippen LogP contribution in [-0.4, -0.2) is 60.9 Å². The van der Waals surface area contributed by atoms with Crippen LogP contribution < -0.4 is 10.2 Å². The number of fused-ring (bicyclic) bond motifs is 1. The largest absolute Gasteiger partial charge is 0.389 e. The molecule has 1 aromatic rings. The summed E-state index contributed by atoms with van der Waals surface area (Å²) in [5.74, 6) is 0.397. The number of hydrogen-bond acceptors (Lipinski definition) is 4. The van der Waals surface area contributed by atoms with Gasteiger partial charge in [0.05, 0.1) is 5.60 Å². The molecule has 3 saturated heterocycles. The third-order valence-corrected chi connectivity index (χ3v) is 6.60. The Morgan fingerprint density at radius 2 is 1.83 bits per heavy atom. The minimum Gasteiger partial charge on any atom is -0.389 e. The average Bonchev–Trinajstić information content (AvgIpc) is 2.62. The molecule has 2 atom stereocenters. The van der Waals surface area contributed by atoms with Gasteiger partial charge >= 0.3 is 0 Å². The molecule has 0 saturated carbocycles. The van der Waals surface area contributed by atoms with Gasteiger partial charge in [-0.1, -0.05) is 11.6 Å². The Kier molecular flexibility index (Phi) is 4.74. The van der Waals surface area contributed by atoms with Crippen LogP contribution in [0.2, 0.25) is 5.02 Å². The molecule has 0 spiro atoms. The normalized spacial score (nSPS) is 32.6. The van der Waals surface area contributed by atoms with Crippen molar-refractivity contribution >= 4 is 17.3 Å². The van der Waals surface area contributed by atoms with Gasteiger partial charge in [0.1, 0.15) is 0 Å². The molecular formula is C19H28ClN3O. The van der Waals surface area contributed by atoms with Crippen molar-refractivity contribution in [3.05, 3.63) is 29.3 Å². The molecule has 3 heterocycles. The van der Waals surface area contributed by atoms with Crippen LogP contribution in [0.5, 0.6) is 0 Å². The van der Waals surface area contributed by atoms with E-state index in [1.165, 1.54) is 18.5 Å². The number of piperidine rings is 3. The van der Waals surface area contributed by atoms with E-state index in [-0.39, 0.29) is 0 Å². The summed E-state index contributed by atoms with van der Waals surface area (Å²) in [6.07, 6.45) is 4.28. The summed E-state index contributed by atoms with van der Waals surface area (Å²) in [5, 5.41) is 15.1. The predicted molar refractivity (Wildman–Crippen MR) is 98.8 cm³/mol. The standard InChI is InChI=1S/C19H28ClN3O/c20-16-1-3-17(4-2-16)22-10-5-18(6-11-22)23-12-8-19(24)7-9-21-13-15(19)14-23/h1-4,15,18,21,24H,5-14H2/t15-,19-/m0/s1. The maximum absolute atomic E-state index is 10.8. The van der Waals surface area contributed by atoms with E-state index in [0.717, 1.165) is 57.1 Å². The van der Waals surface area contributed by atoms with Gasteiger partial charge in [0, 0.05) is 55.4 Å². The number of nitrogens with one attached hydrogen (secondary N) is 1. The molecule has 24 heavy (non-hydrogen) atoms. The van der Waals surface area contributed by atoms with Gasteiger partial charge in [-0.3, -0.25) is 4.90 Å². The van der Waals surface area contributed by atoms with Crippen LogP contribution in [0.25, 0.3) is 0 Å². The number of anilines is 1. The maximum atomic E-state index is 10.8. The second-order valence-electron chi connectivity index (χ2n) is 7.69. The van der Waals surface area contributed by atoms with Gasteiger partial charge in [0.15, 0.2) is 0 Å². The Hall–Kier alpha value is -0.810. The van der Waals surface area contributed by atoms with E-state index in [9.17, 15) is 5.11 Å². The lowest BCUT2D eigenvalue weighted by atomic mass is 9.75. The summed E-state index contributed by atoms with van der Waals surface area (Å²) in [6.45, 7) is 6.25. The summed E-state index contributed by atoms with van der Waals surface area (Å²) in [7, 11) is 0. The molecule has 0 aliphatic carbocycles. The minimum absolute atomic E-state index is 0.397. The van der Waals surface area contributed by atoms with Gasteiger partial charge in [-0.05, 0) is 56.5 Å². The quantitative estimate of drug-likeness (QED) is 0.859. The molecule has 1 aromatic carbocycles. The Morgan fingerprint density at radius 1 is 1.08 bits per heavy atom. The smallest absolute Gasteiger partial charge is 0.0724 e. The lowest BCUT2D eigenvalue weighted by Gasteiger charge is -2.50. The van der Waals surface area contributed by atoms with Gasteiger partial charge in [-0.2, -0.15) is 0 Å². The first-order valence-corrected chi connectivity index (χ1v) is 9.69. The molecule has 4 rings (SSSR count). The van der Waals surface area contributed by atoms with Crippen molar-refractivity contribution in [1.82, 2.24) is 10.2 Å². The number of benzene rings is 1. The lowest BCUT2D eigenvalue weighted by molar-refractivity contribution is -0.0971. The number of aliphatic hydroxyl groups is 1. The molecule has 4 nitrogen and oxygen atoms in total. The third-order valence-electron chi connectivity index (χ3n) is 6.34. The van der Waals surface area contributed by atoms with Crippen LogP contribution in [-0.2, 0) is 0 Å². The van der Waals surface area contributed by atoms with Gasteiger partial charge in [-0.15, -0.1) is 0 Å². The van der Waals surface area contributed by atoms with E-state index < -0.39 is 5.60 Å². The van der Waals surface area contributed by atoms with Crippen LogP contribution in [0.3, 0.4) is 0 Å². The van der Waals surface area contributed by atoms with E-state index >= 15 is 0 Å². The lowest BCUT2D eigenvalue weighted by Crippen LogP contribution is -2.61. The van der Waals surface area contributed by atoms with Gasteiger partial charge in [-0.25, -0.2) is 0 Å². The van der Waals surface area contributed by atoms with Gasteiger partial charge in [0.25, 0.3) is 0 Å². The Balaban J connectivity index is 1.34. The average molecular weight is 350 g/mol. The van der Waals surface area contributed by atoms with Crippen molar-refractivity contribution in [2.45, 2.75) is 37.3 Å². The second kappa shape index (κ2) is 6.83. The molecule has 0 aromatic heterocycles. The maximum Gasteiger partial charge on any atom is 0.0724 e. The number of hydrogen-bond donors (Lipinski definition) is 2. The first-order chi connectivity index (χ1) is 11.6. The molecule has 0 radical (unpaired) electrons. The first-order valence-electron chi connectivity index (χ1n) is 9.32. The number of rotatable bonds is 2. The van der Waals surface area contributed by atoms with Crippen LogP contribution >= 0.6 is 11.6 Å². The molecule has 0 bridgehead atoms. The van der Waals surface area contributed by atoms with Crippen molar-refractivity contribution in [3.8, 4) is 0 Å². The van der Waals surface area contributed by atoms with Crippen LogP contribution in [0, 0.1) is 5.92 Å². The van der Waals surface area contributed by atoms with E-state index in [4.69, 9.17) is 11.6 Å². The van der Waals surface area contributed by atoms with E-state index in [1.807, 2.05) is 12.1 Å². The van der Waals surface area contributed by atoms with Gasteiger partial charge in [0.2, 0.25) is 0 Å². The first kappa shape index (κ1) is 16.6. The SMILES string of the molecule is O[C@]12CCNC[C@H]1CN(C1CCN(c3ccc(Cl)cc3)CC1)CC2. The zero-order valence-electron chi connectivity index (χ0n) is 14.3. The molecule has 5 heteroatoms. The molecule has 3 aliphatic heterocycles. The Bertz CT molecular complexity index is 558. The van der Waals surface area contributed by atoms with Crippen molar-refractivity contribution in [1.29, 1.82) is 0 Å². The molecule has 0 unspecified atom stereocenters. The summed E-state index contributed by atoms with van der Waals surface area (Å²) >= 11 is 5.99. The van der Waals surface area contributed by atoms with Crippen molar-refractivity contribution in [2.75, 3.05) is 44.2 Å². The van der Waals surface area contributed by atoms with Crippen molar-refractivity contribution in [3.63, 3.8) is 0 Å². The van der Waals surface area contributed by atoms with E-state index in [0.29, 0.717) is 12.0 Å². The minimum atomic E-state index is -0.411. The molecule has 132 valence electrons. The fourth-order valence-corrected chi connectivity index (χ4v) is 4.85. The topological polar surface area (TPSA) is 38.7 Å². The van der Waals surface area contributed by atoms with Crippen molar-refractivity contribution in [2.24, 2.45) is 5.92 Å². The highest BCUT2D eigenvalue weighted by Crippen LogP contribution is 2.35. The zero-order chi connectivity index (χ0) is 16.6. The van der Waals surface area contributed by atoms with Crippen LogP contribution in [0.15, 0.2) is 24.3 Å². The van der Waals surface area contributed by atoms with E-state index in [2.05, 4.69) is 27.2 Å². The van der Waals surface area contributed by atoms with Crippen LogP contribution in [0.1, 0.15) is 25.7 Å². The number of halogens is 1. The monoisotopic (exact) mass is 349 g/mol. The van der Waals surface area contributed by atoms with Crippen molar-refractivity contribution < 1.29 is 5.11 Å². The molecular weight excluding hydrogens is 322 g/mol. The summed E-state index contributed by atoms with van der Waals surface area (Å²) in [4.78, 5) is 5.11. The summed E-state index contributed by atoms with van der Waals surface area (Å²) in [5.41, 5.74) is 0.869. The number of likely N-dealkylation sites (tertiary alicyclic amines) is 1.